The van der Waals surface area contributed by atoms with Crippen molar-refractivity contribution in [2.75, 3.05) is 19.7 Å². The molecule has 3 aliphatic rings. The molecule has 0 N–H and O–H groups in total. The number of benzene rings is 3. The van der Waals surface area contributed by atoms with Gasteiger partial charge in [-0.3, -0.25) is 9.59 Å². The van der Waals surface area contributed by atoms with Gasteiger partial charge in [0.25, 0.3) is 11.8 Å². The van der Waals surface area contributed by atoms with E-state index in [4.69, 9.17) is 9.57 Å². The number of hydroxylamine groups is 2. The Morgan fingerprint density at radius 1 is 0.757 bits per heavy atom. The number of hydrogen-bond donors (Lipinski definition) is 0. The highest BCUT2D eigenvalue weighted by Gasteiger charge is 2.39. The van der Waals surface area contributed by atoms with Gasteiger partial charge < -0.3 is 14.5 Å². The van der Waals surface area contributed by atoms with Crippen LogP contribution in [0.4, 0.5) is 4.79 Å². The summed E-state index contributed by atoms with van der Waals surface area (Å²) in [5, 5.41) is 0.525. The molecular formula is C29H24N2O6. The zero-order chi connectivity index (χ0) is 25.5. The molecule has 37 heavy (non-hydrogen) atoms. The van der Waals surface area contributed by atoms with Crippen molar-refractivity contribution in [1.29, 1.82) is 0 Å². The molecule has 0 spiro atoms. The maximum Gasteiger partial charge on any atom is 0.409 e. The molecule has 1 fully saturated rings. The zero-order valence-electron chi connectivity index (χ0n) is 20.0. The summed E-state index contributed by atoms with van der Waals surface area (Å²) in [5.74, 6) is -1.81. The maximum absolute atomic E-state index is 12.6. The summed E-state index contributed by atoms with van der Waals surface area (Å²) in [7, 11) is 0. The van der Waals surface area contributed by atoms with E-state index < -0.39 is 17.8 Å². The van der Waals surface area contributed by atoms with E-state index in [2.05, 4.69) is 24.3 Å². The molecule has 0 unspecified atom stereocenters. The first-order chi connectivity index (χ1) is 18.0. The predicted octanol–water partition coefficient (Wildman–Crippen LogP) is 4.40. The molecule has 3 aromatic rings. The van der Waals surface area contributed by atoms with Crippen LogP contribution in [0.15, 0.2) is 72.8 Å². The molecule has 3 aromatic carbocycles. The number of nitrogens with zero attached hydrogens (tertiary/aromatic N) is 2. The molecule has 3 amide bonds. The molecule has 0 bridgehead atoms. The molecule has 0 saturated carbocycles. The van der Waals surface area contributed by atoms with Crippen LogP contribution >= 0.6 is 0 Å². The van der Waals surface area contributed by atoms with Gasteiger partial charge in [-0.05, 0) is 46.7 Å². The number of fused-ring (bicyclic) bond motifs is 4. The normalized spacial score (nSPS) is 16.2. The van der Waals surface area contributed by atoms with Crippen LogP contribution in [0, 0.1) is 5.92 Å². The Balaban J connectivity index is 0.963. The van der Waals surface area contributed by atoms with E-state index in [1.165, 1.54) is 23.3 Å². The van der Waals surface area contributed by atoms with Crippen molar-refractivity contribution in [2.45, 2.75) is 18.8 Å². The Hall–Kier alpha value is -4.46. The molecule has 0 aromatic heterocycles. The van der Waals surface area contributed by atoms with Gasteiger partial charge in [0.2, 0.25) is 0 Å². The zero-order valence-corrected chi connectivity index (χ0v) is 20.0. The lowest BCUT2D eigenvalue weighted by molar-refractivity contribution is -0.169. The number of amides is 3. The molecule has 1 aliphatic carbocycles. The fourth-order valence-electron chi connectivity index (χ4n) is 5.31. The monoisotopic (exact) mass is 496 g/mol. The van der Waals surface area contributed by atoms with Crippen molar-refractivity contribution in [3.63, 3.8) is 0 Å². The average molecular weight is 497 g/mol. The third kappa shape index (κ3) is 4.04. The first kappa shape index (κ1) is 23.0. The summed E-state index contributed by atoms with van der Waals surface area (Å²) < 4.78 is 5.67. The smallest absolute Gasteiger partial charge is 0.409 e. The van der Waals surface area contributed by atoms with Gasteiger partial charge in [-0.1, -0.05) is 65.7 Å². The number of rotatable bonds is 6. The first-order valence-corrected chi connectivity index (χ1v) is 12.3. The number of carbonyl (C=O) groups excluding carboxylic acids is 4. The number of carbonyl (C=O) groups is 4. The van der Waals surface area contributed by atoms with Crippen LogP contribution in [0.3, 0.4) is 0 Å². The molecule has 8 heteroatoms. The van der Waals surface area contributed by atoms with Crippen molar-refractivity contribution in [2.24, 2.45) is 5.92 Å². The van der Waals surface area contributed by atoms with Gasteiger partial charge in [0.1, 0.15) is 6.61 Å². The summed E-state index contributed by atoms with van der Waals surface area (Å²) in [6.07, 6.45) is 0.151. The van der Waals surface area contributed by atoms with E-state index in [-0.39, 0.29) is 42.1 Å². The van der Waals surface area contributed by atoms with Crippen LogP contribution in [-0.2, 0) is 14.4 Å². The van der Waals surface area contributed by atoms with E-state index in [1.54, 1.807) is 17.0 Å². The molecular weight excluding hydrogens is 472 g/mol. The molecule has 186 valence electrons. The van der Waals surface area contributed by atoms with Gasteiger partial charge in [-0.15, -0.1) is 0 Å². The lowest BCUT2D eigenvalue weighted by Crippen LogP contribution is -2.50. The summed E-state index contributed by atoms with van der Waals surface area (Å²) in [4.78, 5) is 56.2. The highest BCUT2D eigenvalue weighted by molar-refractivity contribution is 6.20. The minimum absolute atomic E-state index is 0.00494. The summed E-state index contributed by atoms with van der Waals surface area (Å²) in [6.45, 7) is 1.23. The molecule has 2 aliphatic heterocycles. The Morgan fingerprint density at radius 3 is 1.84 bits per heavy atom. The topological polar surface area (TPSA) is 93.2 Å². The summed E-state index contributed by atoms with van der Waals surface area (Å²) in [5.41, 5.74) is 5.12. The fourth-order valence-corrected chi connectivity index (χ4v) is 5.31. The second kappa shape index (κ2) is 9.20. The van der Waals surface area contributed by atoms with Crippen LogP contribution in [0.5, 0.6) is 0 Å². The number of imide groups is 1. The lowest BCUT2D eigenvalue weighted by atomic mass is 9.95. The summed E-state index contributed by atoms with van der Waals surface area (Å²) in [6, 6.07) is 22.7. The van der Waals surface area contributed by atoms with Crippen LogP contribution < -0.4 is 0 Å². The van der Waals surface area contributed by atoms with E-state index >= 15 is 0 Å². The van der Waals surface area contributed by atoms with Crippen LogP contribution in [-0.4, -0.2) is 53.5 Å². The van der Waals surface area contributed by atoms with Crippen LogP contribution in [0.25, 0.3) is 11.1 Å². The first-order valence-electron chi connectivity index (χ1n) is 12.3. The summed E-state index contributed by atoms with van der Waals surface area (Å²) >= 11 is 0. The number of likely N-dealkylation sites (tertiary alicyclic amines) is 1. The fraction of sp³-hybridized carbons (Fsp3) is 0.241. The van der Waals surface area contributed by atoms with E-state index in [1.807, 2.05) is 24.3 Å². The third-order valence-electron chi connectivity index (χ3n) is 7.26. The van der Waals surface area contributed by atoms with Crippen molar-refractivity contribution in [1.82, 2.24) is 9.96 Å². The predicted molar refractivity (Wildman–Crippen MR) is 132 cm³/mol. The van der Waals surface area contributed by atoms with Gasteiger partial charge in [0, 0.05) is 25.4 Å². The second-order valence-corrected chi connectivity index (χ2v) is 9.53. The second-order valence-electron chi connectivity index (χ2n) is 9.53. The van der Waals surface area contributed by atoms with E-state index in [9.17, 15) is 19.2 Å². The van der Waals surface area contributed by atoms with Gasteiger partial charge in [0.05, 0.1) is 11.1 Å². The Morgan fingerprint density at radius 2 is 1.27 bits per heavy atom. The highest BCUT2D eigenvalue weighted by atomic mass is 16.7. The van der Waals surface area contributed by atoms with Gasteiger partial charge in [-0.2, -0.15) is 0 Å². The van der Waals surface area contributed by atoms with Gasteiger partial charge in [0.15, 0.2) is 0 Å². The van der Waals surface area contributed by atoms with E-state index in [0.29, 0.717) is 24.6 Å². The molecule has 0 radical (unpaired) electrons. The Labute approximate surface area is 213 Å². The average Bonchev–Trinajstić information content (AvgIpc) is 3.34. The molecule has 2 heterocycles. The van der Waals surface area contributed by atoms with Crippen LogP contribution in [0.1, 0.15) is 50.6 Å². The quantitative estimate of drug-likeness (QED) is 0.470. The molecule has 0 atom stereocenters. The van der Waals surface area contributed by atoms with Crippen molar-refractivity contribution >= 4 is 23.9 Å². The SMILES string of the molecule is O=C(CCC1CN(C(=O)OCC2c3ccccc3-c3ccccc32)C1)ON1C(=O)c2ccccc2C1=O. The minimum Gasteiger partial charge on any atom is -0.448 e. The van der Waals surface area contributed by atoms with E-state index in [0.717, 1.165) is 11.1 Å². The largest absolute Gasteiger partial charge is 0.448 e. The third-order valence-corrected chi connectivity index (χ3v) is 7.26. The standard InChI is InChI=1S/C29H24N2O6/c32-26(37-31-27(33)23-11-5-6-12-24(23)28(31)34)14-13-18-15-30(16-18)29(35)36-17-25-21-9-3-1-7-19(21)20-8-2-4-10-22(20)25/h1-12,18,25H,13-17H2. The van der Waals surface area contributed by atoms with Gasteiger partial charge >= 0.3 is 12.1 Å². The number of ether oxygens (including phenoxy) is 1. The van der Waals surface area contributed by atoms with Crippen molar-refractivity contribution < 1.29 is 28.8 Å². The minimum atomic E-state index is -0.658. The lowest BCUT2D eigenvalue weighted by Gasteiger charge is -2.38. The van der Waals surface area contributed by atoms with Crippen molar-refractivity contribution in [3.8, 4) is 11.1 Å². The Kier molecular flexibility index (Phi) is 5.71. The highest BCUT2D eigenvalue weighted by Crippen LogP contribution is 2.44. The van der Waals surface area contributed by atoms with Crippen molar-refractivity contribution in [3.05, 3.63) is 95.1 Å². The Bertz CT molecular complexity index is 1350. The molecule has 1 saturated heterocycles. The van der Waals surface area contributed by atoms with Gasteiger partial charge in [-0.25, -0.2) is 9.59 Å². The maximum atomic E-state index is 12.6. The number of hydrogen-bond acceptors (Lipinski definition) is 6. The van der Waals surface area contributed by atoms with Crippen LogP contribution in [0.2, 0.25) is 0 Å². The molecule has 8 nitrogen and oxygen atoms in total. The molecule has 6 rings (SSSR count).